The molecule has 0 aromatic rings. The van der Waals surface area contributed by atoms with Crippen LogP contribution >= 0.6 is 0 Å². The van der Waals surface area contributed by atoms with Crippen LogP contribution in [0.15, 0.2) is 17.5 Å². The van der Waals surface area contributed by atoms with Crippen LogP contribution in [0.1, 0.15) is 19.3 Å². The molecule has 104 valence electrons. The standard InChI is InChI=1S/C13H24O4Si/c1-16-11-17-12(13(14)15)9-7-5-6-8-10-18(2,3)4/h6,10,12H,5,7,9,11H2,1-4H3,(H,14,15). The van der Waals surface area contributed by atoms with E-state index in [9.17, 15) is 4.79 Å². The van der Waals surface area contributed by atoms with Crippen molar-refractivity contribution >= 4 is 14.0 Å². The minimum atomic E-state index is -1.18. The second-order valence-corrected chi connectivity index (χ2v) is 10.2. The molecule has 1 atom stereocenters. The van der Waals surface area contributed by atoms with E-state index in [1.54, 1.807) is 0 Å². The van der Waals surface area contributed by atoms with Gasteiger partial charge in [-0.05, 0) is 25.3 Å². The first-order valence-corrected chi connectivity index (χ1v) is 9.70. The van der Waals surface area contributed by atoms with E-state index in [1.807, 2.05) is 6.08 Å². The van der Waals surface area contributed by atoms with Gasteiger partial charge in [-0.3, -0.25) is 0 Å². The molecule has 0 aromatic carbocycles. The van der Waals surface area contributed by atoms with Crippen LogP contribution in [-0.4, -0.2) is 39.2 Å². The molecule has 0 aromatic heterocycles. The molecule has 0 radical (unpaired) electrons. The van der Waals surface area contributed by atoms with Gasteiger partial charge in [-0.15, -0.1) is 5.73 Å². The summed E-state index contributed by atoms with van der Waals surface area (Å²) < 4.78 is 9.76. The molecule has 18 heavy (non-hydrogen) atoms. The molecule has 0 spiro atoms. The molecule has 0 rings (SSSR count). The number of hydrogen-bond acceptors (Lipinski definition) is 3. The molecule has 1 N–H and O–H groups in total. The molecule has 0 heterocycles. The number of ether oxygens (including phenoxy) is 2. The lowest BCUT2D eigenvalue weighted by atomic mass is 10.1. The van der Waals surface area contributed by atoms with Gasteiger partial charge in [-0.2, -0.15) is 0 Å². The highest BCUT2D eigenvalue weighted by atomic mass is 28.3. The predicted octanol–water partition coefficient (Wildman–Crippen LogP) is 2.82. The van der Waals surface area contributed by atoms with Crippen molar-refractivity contribution in [2.45, 2.75) is 45.0 Å². The van der Waals surface area contributed by atoms with Crippen molar-refractivity contribution in [1.29, 1.82) is 0 Å². The number of carboxylic acid groups (broad SMARTS) is 1. The number of aliphatic carboxylic acids is 1. The van der Waals surface area contributed by atoms with Crippen LogP contribution in [0.25, 0.3) is 0 Å². The maximum absolute atomic E-state index is 10.8. The highest BCUT2D eigenvalue weighted by Gasteiger charge is 2.16. The van der Waals surface area contributed by atoms with Crippen LogP contribution in [-0.2, 0) is 14.3 Å². The number of methoxy groups -OCH3 is 1. The molecule has 0 aliphatic carbocycles. The Labute approximate surface area is 110 Å². The van der Waals surface area contributed by atoms with Crippen LogP contribution in [0.3, 0.4) is 0 Å². The van der Waals surface area contributed by atoms with Crippen LogP contribution in [0.2, 0.25) is 19.6 Å². The summed E-state index contributed by atoms with van der Waals surface area (Å²) in [6.07, 6.45) is 3.27. The Hall–Kier alpha value is -0.873. The number of unbranched alkanes of at least 4 members (excludes halogenated alkanes) is 1. The molecule has 0 fully saturated rings. The van der Waals surface area contributed by atoms with Crippen molar-refractivity contribution in [2.75, 3.05) is 13.9 Å². The van der Waals surface area contributed by atoms with Crippen molar-refractivity contribution in [3.63, 3.8) is 0 Å². The highest BCUT2D eigenvalue weighted by Crippen LogP contribution is 2.06. The molecule has 1 unspecified atom stereocenters. The summed E-state index contributed by atoms with van der Waals surface area (Å²) in [5.74, 6) is -0.936. The third-order valence-corrected chi connectivity index (χ3v) is 3.14. The van der Waals surface area contributed by atoms with Gasteiger partial charge >= 0.3 is 5.97 Å². The fraction of sp³-hybridized carbons (Fsp3) is 0.692. The average Bonchev–Trinajstić information content (AvgIpc) is 2.25. The summed E-state index contributed by atoms with van der Waals surface area (Å²) in [6.45, 7) is 6.75. The Balaban J connectivity index is 3.93. The first-order chi connectivity index (χ1) is 8.37. The molecule has 0 saturated carbocycles. The number of hydrogen-bond donors (Lipinski definition) is 1. The van der Waals surface area contributed by atoms with Gasteiger partial charge in [0, 0.05) is 7.11 Å². The topological polar surface area (TPSA) is 55.8 Å². The van der Waals surface area contributed by atoms with Crippen LogP contribution < -0.4 is 0 Å². The third-order valence-electron chi connectivity index (χ3n) is 2.11. The number of rotatable bonds is 9. The molecule has 0 saturated heterocycles. The Morgan fingerprint density at radius 1 is 1.44 bits per heavy atom. The van der Waals surface area contributed by atoms with Gasteiger partial charge in [0.15, 0.2) is 6.10 Å². The maximum Gasteiger partial charge on any atom is 0.332 e. The largest absolute Gasteiger partial charge is 0.479 e. The molecule has 0 bridgehead atoms. The zero-order valence-electron chi connectivity index (χ0n) is 11.7. The summed E-state index contributed by atoms with van der Waals surface area (Å²) in [6, 6.07) is 0. The van der Waals surface area contributed by atoms with Crippen molar-refractivity contribution in [3.05, 3.63) is 17.5 Å². The van der Waals surface area contributed by atoms with Crippen LogP contribution in [0, 0.1) is 0 Å². The van der Waals surface area contributed by atoms with Crippen molar-refractivity contribution in [3.8, 4) is 0 Å². The van der Waals surface area contributed by atoms with Crippen molar-refractivity contribution in [1.82, 2.24) is 0 Å². The number of carbonyl (C=O) groups is 1. The highest BCUT2D eigenvalue weighted by molar-refractivity contribution is 6.80. The molecule has 0 aliphatic heterocycles. The monoisotopic (exact) mass is 272 g/mol. The lowest BCUT2D eigenvalue weighted by Gasteiger charge is -2.11. The lowest BCUT2D eigenvalue weighted by Crippen LogP contribution is -2.24. The summed E-state index contributed by atoms with van der Waals surface area (Å²) >= 11 is 0. The maximum atomic E-state index is 10.8. The zero-order valence-corrected chi connectivity index (χ0v) is 12.7. The van der Waals surface area contributed by atoms with E-state index in [2.05, 4.69) is 31.1 Å². The second kappa shape index (κ2) is 9.11. The van der Waals surface area contributed by atoms with Gasteiger partial charge in [-0.1, -0.05) is 25.3 Å². The lowest BCUT2D eigenvalue weighted by molar-refractivity contribution is -0.159. The van der Waals surface area contributed by atoms with Crippen molar-refractivity contribution in [2.24, 2.45) is 0 Å². The quantitative estimate of drug-likeness (QED) is 0.303. The third kappa shape index (κ3) is 10.3. The van der Waals surface area contributed by atoms with Crippen molar-refractivity contribution < 1.29 is 19.4 Å². The van der Waals surface area contributed by atoms with Gasteiger partial charge in [0.25, 0.3) is 0 Å². The van der Waals surface area contributed by atoms with Gasteiger partial charge in [0.2, 0.25) is 0 Å². The minimum Gasteiger partial charge on any atom is -0.479 e. The van der Waals surface area contributed by atoms with Gasteiger partial charge in [0.1, 0.15) is 6.79 Å². The predicted molar refractivity (Wildman–Crippen MR) is 74.2 cm³/mol. The summed E-state index contributed by atoms with van der Waals surface area (Å²) in [5, 5.41) is 8.90. The van der Waals surface area contributed by atoms with E-state index in [0.717, 1.165) is 12.8 Å². The molecule has 4 nitrogen and oxygen atoms in total. The van der Waals surface area contributed by atoms with Gasteiger partial charge in [-0.25, -0.2) is 4.79 Å². The molecular formula is C13H24O4Si. The fourth-order valence-electron chi connectivity index (χ4n) is 1.23. The normalized spacial score (nSPS) is 12.7. The van der Waals surface area contributed by atoms with E-state index >= 15 is 0 Å². The SMILES string of the molecule is COCOC(CCCC=C=C[Si](C)(C)C)C(=O)O. The zero-order chi connectivity index (χ0) is 14.0. The van der Waals surface area contributed by atoms with Gasteiger partial charge in [0.05, 0.1) is 8.07 Å². The Morgan fingerprint density at radius 3 is 2.61 bits per heavy atom. The summed E-state index contributed by atoms with van der Waals surface area (Å²) in [4.78, 5) is 10.8. The Bertz CT molecular complexity index is 301. The smallest absolute Gasteiger partial charge is 0.332 e. The molecule has 5 heteroatoms. The molecule has 0 aliphatic rings. The molecular weight excluding hydrogens is 248 g/mol. The Morgan fingerprint density at radius 2 is 2.11 bits per heavy atom. The van der Waals surface area contributed by atoms with Crippen LogP contribution in [0.5, 0.6) is 0 Å². The average molecular weight is 272 g/mol. The summed E-state index contributed by atoms with van der Waals surface area (Å²) in [5.41, 5.74) is 5.31. The van der Waals surface area contributed by atoms with E-state index in [1.165, 1.54) is 7.11 Å². The first kappa shape index (κ1) is 17.1. The Kier molecular flexibility index (Phi) is 8.67. The second-order valence-electron chi connectivity index (χ2n) is 5.21. The summed E-state index contributed by atoms with van der Waals surface area (Å²) in [7, 11) is 0.298. The number of carboxylic acids is 1. The molecule has 0 amide bonds. The number of allylic oxidation sites excluding steroid dienone is 1. The van der Waals surface area contributed by atoms with E-state index in [-0.39, 0.29) is 6.79 Å². The van der Waals surface area contributed by atoms with Gasteiger partial charge < -0.3 is 14.6 Å². The van der Waals surface area contributed by atoms with E-state index < -0.39 is 20.1 Å². The van der Waals surface area contributed by atoms with E-state index in [4.69, 9.17) is 14.6 Å². The first-order valence-electron chi connectivity index (χ1n) is 6.12. The van der Waals surface area contributed by atoms with Crippen LogP contribution in [0.4, 0.5) is 0 Å². The fourth-order valence-corrected chi connectivity index (χ4v) is 1.84. The minimum absolute atomic E-state index is 0.0162. The van der Waals surface area contributed by atoms with E-state index in [0.29, 0.717) is 6.42 Å².